The second-order valence-electron chi connectivity index (χ2n) is 7.22. The molecule has 0 spiro atoms. The Labute approximate surface area is 183 Å². The van der Waals surface area contributed by atoms with Gasteiger partial charge in [0.25, 0.3) is 0 Å². The van der Waals surface area contributed by atoms with Gasteiger partial charge < -0.3 is 34.3 Å². The minimum atomic E-state index is -0.950. The van der Waals surface area contributed by atoms with Gasteiger partial charge in [-0.25, -0.2) is 0 Å². The van der Waals surface area contributed by atoms with Gasteiger partial charge in [0.2, 0.25) is 11.8 Å². The molecule has 0 aliphatic carbocycles. The minimum Gasteiger partial charge on any atom is -0.379 e. The lowest BCUT2D eigenvalue weighted by molar-refractivity contribution is -0.132. The number of hydrogen-bond donors (Lipinski definition) is 2. The average molecular weight is 445 g/mol. The molecule has 1 unspecified atom stereocenters. The van der Waals surface area contributed by atoms with Gasteiger partial charge in [0, 0.05) is 37.9 Å². The molecule has 1 aliphatic heterocycles. The molecule has 0 bridgehead atoms. The van der Waals surface area contributed by atoms with E-state index in [1.807, 2.05) is 13.8 Å². The van der Waals surface area contributed by atoms with Gasteiger partial charge in [0.05, 0.1) is 52.9 Å². The smallest absolute Gasteiger partial charge is 0.248 e. The molecule has 0 fully saturated rings. The first-order chi connectivity index (χ1) is 14.9. The van der Waals surface area contributed by atoms with Crippen molar-refractivity contribution in [3.63, 3.8) is 0 Å². The number of Topliss-reactive ketones (excluding diaryl/α,β-unsaturated/α-hetero) is 1. The molecule has 10 nitrogen and oxygen atoms in total. The zero-order valence-electron chi connectivity index (χ0n) is 18.5. The SMILES string of the molecule is CC(C)C(=O)CCOCCOCCOCCOCCNC(=O)CCN1C(=O)C=CC1O. The number of ether oxygens (including phenoxy) is 4. The third-order valence-corrected chi connectivity index (χ3v) is 4.41. The Balaban J connectivity index is 1.79. The molecule has 178 valence electrons. The summed E-state index contributed by atoms with van der Waals surface area (Å²) < 4.78 is 21.4. The standard InChI is InChI=1S/C21H36N2O8/c1-17(2)18(24)6-9-28-11-13-30-15-16-31-14-12-29-10-7-22-19(25)5-8-23-20(26)3-4-21(23)27/h3-4,17,20,26H,5-16H2,1-2H3,(H,22,25). The van der Waals surface area contributed by atoms with Gasteiger partial charge >= 0.3 is 0 Å². The van der Waals surface area contributed by atoms with Crippen LogP contribution in [0.2, 0.25) is 0 Å². The quantitative estimate of drug-likeness (QED) is 0.265. The fourth-order valence-corrected chi connectivity index (χ4v) is 2.54. The molecular weight excluding hydrogens is 408 g/mol. The van der Waals surface area contributed by atoms with Crippen molar-refractivity contribution in [3.8, 4) is 0 Å². The van der Waals surface area contributed by atoms with Crippen LogP contribution in [0.15, 0.2) is 12.2 Å². The molecule has 31 heavy (non-hydrogen) atoms. The van der Waals surface area contributed by atoms with E-state index in [1.165, 1.54) is 17.1 Å². The summed E-state index contributed by atoms with van der Waals surface area (Å²) in [6.07, 6.45) is 2.28. The summed E-state index contributed by atoms with van der Waals surface area (Å²) in [7, 11) is 0. The number of carbonyl (C=O) groups is 3. The normalized spacial score (nSPS) is 15.8. The Morgan fingerprint density at radius 1 is 0.968 bits per heavy atom. The number of aliphatic hydroxyl groups is 1. The van der Waals surface area contributed by atoms with Crippen LogP contribution >= 0.6 is 0 Å². The number of aliphatic hydroxyl groups excluding tert-OH is 1. The van der Waals surface area contributed by atoms with Crippen LogP contribution in [0, 0.1) is 5.92 Å². The highest BCUT2D eigenvalue weighted by atomic mass is 16.6. The van der Waals surface area contributed by atoms with Crippen molar-refractivity contribution in [2.24, 2.45) is 5.92 Å². The molecule has 1 rings (SSSR count). The van der Waals surface area contributed by atoms with E-state index in [0.717, 1.165) is 0 Å². The van der Waals surface area contributed by atoms with Crippen molar-refractivity contribution in [3.05, 3.63) is 12.2 Å². The number of carbonyl (C=O) groups excluding carboxylic acids is 3. The summed E-state index contributed by atoms with van der Waals surface area (Å²) in [6.45, 7) is 7.69. The van der Waals surface area contributed by atoms with Crippen molar-refractivity contribution < 1.29 is 38.4 Å². The molecule has 0 aromatic carbocycles. The van der Waals surface area contributed by atoms with E-state index < -0.39 is 6.23 Å². The lowest BCUT2D eigenvalue weighted by Crippen LogP contribution is -2.37. The molecule has 2 N–H and O–H groups in total. The Morgan fingerprint density at radius 2 is 1.52 bits per heavy atom. The Bertz CT molecular complexity index is 568. The first-order valence-electron chi connectivity index (χ1n) is 10.7. The molecule has 1 heterocycles. The maximum absolute atomic E-state index is 11.7. The van der Waals surface area contributed by atoms with Gasteiger partial charge in [-0.3, -0.25) is 14.4 Å². The average Bonchev–Trinajstić information content (AvgIpc) is 3.06. The van der Waals surface area contributed by atoms with E-state index in [-0.39, 0.29) is 36.5 Å². The van der Waals surface area contributed by atoms with Crippen LogP contribution in [0.4, 0.5) is 0 Å². The summed E-state index contributed by atoms with van der Waals surface area (Å²) in [5.41, 5.74) is 0. The zero-order valence-corrected chi connectivity index (χ0v) is 18.5. The molecule has 0 aromatic heterocycles. The van der Waals surface area contributed by atoms with Crippen LogP contribution in [0.1, 0.15) is 26.7 Å². The number of amides is 2. The second kappa shape index (κ2) is 16.8. The van der Waals surface area contributed by atoms with Gasteiger partial charge in [0.15, 0.2) is 0 Å². The first kappa shape index (κ1) is 27.2. The Kier molecular flexibility index (Phi) is 14.7. The summed E-state index contributed by atoms with van der Waals surface area (Å²) >= 11 is 0. The lowest BCUT2D eigenvalue weighted by Gasteiger charge is -2.19. The van der Waals surface area contributed by atoms with Crippen LogP contribution in [0.25, 0.3) is 0 Å². The van der Waals surface area contributed by atoms with Crippen LogP contribution in [-0.4, -0.2) is 99.8 Å². The van der Waals surface area contributed by atoms with E-state index in [9.17, 15) is 19.5 Å². The monoisotopic (exact) mass is 444 g/mol. The van der Waals surface area contributed by atoms with Gasteiger partial charge in [-0.1, -0.05) is 13.8 Å². The zero-order chi connectivity index (χ0) is 22.9. The minimum absolute atomic E-state index is 0.0474. The van der Waals surface area contributed by atoms with Crippen molar-refractivity contribution in [1.29, 1.82) is 0 Å². The topological polar surface area (TPSA) is 124 Å². The second-order valence-corrected chi connectivity index (χ2v) is 7.22. The van der Waals surface area contributed by atoms with Crippen molar-refractivity contribution >= 4 is 17.6 Å². The molecule has 0 aromatic rings. The van der Waals surface area contributed by atoms with Crippen molar-refractivity contribution in [2.75, 3.05) is 65.9 Å². The van der Waals surface area contributed by atoms with Gasteiger partial charge in [0.1, 0.15) is 12.0 Å². The molecule has 2 amide bonds. The highest BCUT2D eigenvalue weighted by Gasteiger charge is 2.23. The Hall–Kier alpha value is -1.85. The van der Waals surface area contributed by atoms with E-state index in [1.54, 1.807) is 0 Å². The molecule has 1 aliphatic rings. The highest BCUT2D eigenvalue weighted by molar-refractivity contribution is 5.90. The molecule has 0 saturated carbocycles. The number of ketones is 1. The summed E-state index contributed by atoms with van der Waals surface area (Å²) in [5, 5.41) is 12.2. The van der Waals surface area contributed by atoms with E-state index in [4.69, 9.17) is 18.9 Å². The van der Waals surface area contributed by atoms with Crippen molar-refractivity contribution in [1.82, 2.24) is 10.2 Å². The summed E-state index contributed by atoms with van der Waals surface area (Å²) in [4.78, 5) is 35.8. The summed E-state index contributed by atoms with van der Waals surface area (Å²) in [6, 6.07) is 0. The fraction of sp³-hybridized carbons (Fsp3) is 0.762. The van der Waals surface area contributed by atoms with Crippen LogP contribution in [-0.2, 0) is 33.3 Å². The number of nitrogens with zero attached hydrogens (tertiary/aromatic N) is 1. The molecule has 0 saturated heterocycles. The third kappa shape index (κ3) is 13.2. The number of nitrogens with one attached hydrogen (secondary N) is 1. The lowest BCUT2D eigenvalue weighted by atomic mass is 10.1. The van der Waals surface area contributed by atoms with Crippen LogP contribution in [0.5, 0.6) is 0 Å². The highest BCUT2D eigenvalue weighted by Crippen LogP contribution is 2.08. The fourth-order valence-electron chi connectivity index (χ4n) is 2.54. The Morgan fingerprint density at radius 3 is 2.03 bits per heavy atom. The van der Waals surface area contributed by atoms with Gasteiger partial charge in [-0.15, -0.1) is 0 Å². The predicted molar refractivity (Wildman–Crippen MR) is 112 cm³/mol. The largest absolute Gasteiger partial charge is 0.379 e. The van der Waals surface area contributed by atoms with Crippen molar-refractivity contribution in [2.45, 2.75) is 32.9 Å². The first-order valence-corrected chi connectivity index (χ1v) is 10.7. The number of rotatable bonds is 19. The van der Waals surface area contributed by atoms with E-state index in [2.05, 4.69) is 5.32 Å². The molecular formula is C21H36N2O8. The third-order valence-electron chi connectivity index (χ3n) is 4.41. The number of hydrogen-bond acceptors (Lipinski definition) is 8. The van der Waals surface area contributed by atoms with E-state index in [0.29, 0.717) is 65.8 Å². The summed E-state index contributed by atoms with van der Waals surface area (Å²) in [5.74, 6) is -0.254. The maximum atomic E-state index is 11.7. The van der Waals surface area contributed by atoms with E-state index >= 15 is 0 Å². The van der Waals surface area contributed by atoms with Crippen LogP contribution < -0.4 is 5.32 Å². The van der Waals surface area contributed by atoms with Gasteiger partial charge in [-0.05, 0) is 6.08 Å². The molecule has 1 atom stereocenters. The predicted octanol–water partition coefficient (Wildman–Crippen LogP) is -0.109. The molecule has 0 radical (unpaired) electrons. The maximum Gasteiger partial charge on any atom is 0.248 e. The van der Waals surface area contributed by atoms with Gasteiger partial charge in [-0.2, -0.15) is 0 Å². The van der Waals surface area contributed by atoms with Crippen LogP contribution in [0.3, 0.4) is 0 Å². The molecule has 10 heteroatoms.